The van der Waals surface area contributed by atoms with E-state index in [1.54, 1.807) is 0 Å². The van der Waals surface area contributed by atoms with Crippen LogP contribution in [0.4, 0.5) is 0 Å². The first kappa shape index (κ1) is 26.8. The van der Waals surface area contributed by atoms with Gasteiger partial charge in [0.25, 0.3) is 0 Å². The summed E-state index contributed by atoms with van der Waals surface area (Å²) in [7, 11) is 0. The van der Waals surface area contributed by atoms with Crippen LogP contribution in [0.1, 0.15) is 98.3 Å². The van der Waals surface area contributed by atoms with Crippen LogP contribution < -0.4 is 10.8 Å². The Morgan fingerprint density at radius 2 is 1.22 bits per heavy atom. The number of rotatable bonds is 19. The fourth-order valence-corrected chi connectivity index (χ4v) is 12.0. The van der Waals surface area contributed by atoms with Gasteiger partial charge in [-0.15, -0.1) is 0 Å². The van der Waals surface area contributed by atoms with E-state index in [2.05, 4.69) is 32.8 Å². The molecule has 0 aliphatic heterocycles. The van der Waals surface area contributed by atoms with Crippen LogP contribution in [0.25, 0.3) is 0 Å². The first-order chi connectivity index (χ1) is 12.9. The fraction of sp³-hybridized carbons (Fsp3) is 0.955. The normalized spacial score (nSPS) is 14.6. The molecule has 4 nitrogen and oxygen atoms in total. The molecule has 0 unspecified atom stereocenters. The Morgan fingerprint density at radius 1 is 0.815 bits per heavy atom. The van der Waals surface area contributed by atoms with E-state index < -0.39 is 18.8 Å². The van der Waals surface area contributed by atoms with Gasteiger partial charge in [-0.05, 0) is 0 Å². The fourth-order valence-electron chi connectivity index (χ4n) is 4.40. The molecule has 0 radical (unpaired) electrons. The van der Waals surface area contributed by atoms with Gasteiger partial charge in [0.05, 0.1) is 0 Å². The molecule has 0 aliphatic carbocycles. The van der Waals surface area contributed by atoms with Crippen LogP contribution in [0, 0.1) is 0 Å². The van der Waals surface area contributed by atoms with Gasteiger partial charge in [-0.3, -0.25) is 0 Å². The van der Waals surface area contributed by atoms with E-state index in [0.29, 0.717) is 13.0 Å². The van der Waals surface area contributed by atoms with Crippen molar-refractivity contribution in [3.63, 3.8) is 0 Å². The Balaban J connectivity index is 5.86. The van der Waals surface area contributed by atoms with E-state index in [-0.39, 0.29) is 0 Å². The molecule has 0 amide bonds. The predicted molar refractivity (Wildman–Crippen MR) is 123 cm³/mol. The van der Waals surface area contributed by atoms with Gasteiger partial charge in [0.15, 0.2) is 0 Å². The van der Waals surface area contributed by atoms with Gasteiger partial charge in [0.2, 0.25) is 0 Å². The molecule has 4 N–H and O–H groups in total. The zero-order valence-corrected chi connectivity index (χ0v) is 19.7. The van der Waals surface area contributed by atoms with Gasteiger partial charge >= 0.3 is 169 Å². The van der Waals surface area contributed by atoms with Crippen LogP contribution in [-0.2, 0) is 4.79 Å². The Bertz CT molecular complexity index is 347. The molecule has 0 heterocycles. The summed E-state index contributed by atoms with van der Waals surface area (Å²) in [5.41, 5.74) is 5.65. The van der Waals surface area contributed by atoms with Crippen LogP contribution in [0.3, 0.4) is 0 Å². The third kappa shape index (κ3) is 9.72. The summed E-state index contributed by atoms with van der Waals surface area (Å²) >= 11 is 0. The number of carboxylic acids is 1. The minimum absolute atomic E-state index is 0.406. The van der Waals surface area contributed by atoms with Crippen LogP contribution in [-0.4, -0.2) is 48.3 Å². The average molecular weight is 405 g/mol. The van der Waals surface area contributed by atoms with Gasteiger partial charge in [0.1, 0.15) is 0 Å². The summed E-state index contributed by atoms with van der Waals surface area (Å²) < 4.78 is 0. The van der Waals surface area contributed by atoms with Crippen LogP contribution in [0.15, 0.2) is 0 Å². The summed E-state index contributed by atoms with van der Waals surface area (Å²) in [6.07, 6.45) is 17.1. The molecule has 0 bridgehead atoms. The maximum atomic E-state index is 12.1. The molecule has 0 aromatic rings. The number of carboxylic acid groups (broad SMARTS) is 1. The Morgan fingerprint density at radius 3 is 1.52 bits per heavy atom. The second-order valence-corrected chi connectivity index (χ2v) is 14.6. The third-order valence-electron chi connectivity index (χ3n) is 6.16. The zero-order valence-electron chi connectivity index (χ0n) is 18.8. The minimum atomic E-state index is -2.28. The molecule has 164 valence electrons. The van der Waals surface area contributed by atoms with Gasteiger partial charge in [-0.25, -0.2) is 0 Å². The van der Waals surface area contributed by atoms with E-state index >= 15 is 0 Å². The number of unbranched alkanes of at least 4 members (excludes halogenated alkanes) is 5. The number of hydrogen-bond acceptors (Lipinski definition) is 3. The molecule has 0 rings (SSSR count). The second-order valence-electron chi connectivity index (χ2n) is 8.59. The van der Waals surface area contributed by atoms with Crippen LogP contribution >= 0.6 is 6.75 Å². The molecule has 0 saturated heterocycles. The number of hydrogen-bond donors (Lipinski definition) is 3. The van der Waals surface area contributed by atoms with E-state index in [9.17, 15) is 9.90 Å². The molecular weight excluding hydrogens is 355 g/mol. The van der Waals surface area contributed by atoms with Crippen LogP contribution in [0.5, 0.6) is 0 Å². The van der Waals surface area contributed by atoms with Crippen molar-refractivity contribution in [2.24, 2.45) is 5.73 Å². The molecule has 1 atom stereocenters. The number of nitrogens with two attached hydrogens (primary N) is 1. The van der Waals surface area contributed by atoms with Crippen molar-refractivity contribution in [2.75, 3.05) is 31.2 Å². The second kappa shape index (κ2) is 14.8. The van der Waals surface area contributed by atoms with Gasteiger partial charge < -0.3 is 0 Å². The Kier molecular flexibility index (Phi) is 14.7. The molecule has 0 aliphatic rings. The molecule has 0 saturated carbocycles. The van der Waals surface area contributed by atoms with Gasteiger partial charge in [0, 0.05) is 0 Å². The molecule has 0 fully saturated rings. The number of aliphatic carboxylic acids is 1. The van der Waals surface area contributed by atoms with Crippen molar-refractivity contribution in [3.8, 4) is 0 Å². The topological polar surface area (TPSA) is 75.3 Å². The first-order valence-corrected chi connectivity index (χ1v) is 14.6. The van der Waals surface area contributed by atoms with E-state index in [1.807, 2.05) is 0 Å². The van der Waals surface area contributed by atoms with Crippen molar-refractivity contribution in [3.05, 3.63) is 0 Å². The number of carbonyl (C=O) groups is 1. The summed E-state index contributed by atoms with van der Waals surface area (Å²) in [4.78, 5) is 12.1. The van der Waals surface area contributed by atoms with Crippen molar-refractivity contribution in [1.82, 2.24) is 5.09 Å². The van der Waals surface area contributed by atoms with Crippen molar-refractivity contribution in [1.29, 1.82) is 0 Å². The SMILES string of the molecule is CCCCP(CCCC)(CCCC)(CCCC)N[C@@H](CCCCN)C(=O)O. The quantitative estimate of drug-likeness (QED) is 0.187. The summed E-state index contributed by atoms with van der Waals surface area (Å²) in [5, 5.41) is 13.9. The first-order valence-electron chi connectivity index (χ1n) is 11.6. The predicted octanol–water partition coefficient (Wildman–Crippen LogP) is 5.83. The zero-order chi connectivity index (χ0) is 20.6. The summed E-state index contributed by atoms with van der Waals surface area (Å²) in [5.74, 6) is -0.665. The molecule has 0 aromatic heterocycles. The Hall–Kier alpha value is -0.180. The monoisotopic (exact) mass is 404 g/mol. The maximum absolute atomic E-state index is 12.1. The molecule has 0 aromatic carbocycles. The molecule has 5 heteroatoms. The third-order valence-corrected chi connectivity index (χ3v) is 13.2. The number of nitrogens with one attached hydrogen (secondary N) is 1. The standard InChI is InChI=1S/C22H49N2O2P/c1-5-9-17-27(18-10-6-2,19-11-7-3,20-12-8-4)24-21(22(25)26)15-13-14-16-23/h21,24H,5-20,23H2,1-4H3,(H,25,26)/t21-/m0/s1. The molecule has 0 spiro atoms. The van der Waals surface area contributed by atoms with E-state index in [4.69, 9.17) is 5.73 Å². The van der Waals surface area contributed by atoms with Crippen LogP contribution in [0.2, 0.25) is 0 Å². The van der Waals surface area contributed by atoms with Crippen molar-refractivity contribution in [2.45, 2.75) is 104 Å². The van der Waals surface area contributed by atoms with Crippen molar-refractivity contribution >= 4 is 12.7 Å². The Labute approximate surface area is 169 Å². The molecular formula is C22H49N2O2P. The summed E-state index contributed by atoms with van der Waals surface area (Å²) in [6, 6.07) is -0.406. The van der Waals surface area contributed by atoms with Gasteiger partial charge in [-0.2, -0.15) is 0 Å². The van der Waals surface area contributed by atoms with Gasteiger partial charge in [-0.1, -0.05) is 0 Å². The molecule has 27 heavy (non-hydrogen) atoms. The van der Waals surface area contributed by atoms with E-state index in [1.165, 1.54) is 76.0 Å². The summed E-state index contributed by atoms with van der Waals surface area (Å²) in [6.45, 7) is 7.43. The van der Waals surface area contributed by atoms with Crippen molar-refractivity contribution < 1.29 is 9.90 Å². The average Bonchev–Trinajstić information content (AvgIpc) is 2.67. The van der Waals surface area contributed by atoms with E-state index in [0.717, 1.165) is 12.8 Å².